The number of rotatable bonds is 3. The van der Waals surface area contributed by atoms with Crippen LogP contribution in [0.25, 0.3) is 0 Å². The molecule has 0 saturated carbocycles. The molecule has 23 heavy (non-hydrogen) atoms. The maximum atomic E-state index is 12.3. The monoisotopic (exact) mass is 368 g/mol. The van der Waals surface area contributed by atoms with E-state index in [-0.39, 0.29) is 4.90 Å². The third-order valence-corrected chi connectivity index (χ3v) is 6.00. The fraction of sp³-hybridized carbons (Fsp3) is 0.133. The minimum Gasteiger partial charge on any atom is -0.307 e. The first-order valence-electron chi connectivity index (χ1n) is 6.79. The lowest BCUT2D eigenvalue weighted by Gasteiger charge is -2.09. The molecule has 1 aliphatic rings. The maximum Gasteiger partial charge on any atom is 0.333 e. The number of carbonyl (C=O) groups is 1. The summed E-state index contributed by atoms with van der Waals surface area (Å²) in [6.07, 6.45) is 0.834. The first-order valence-corrected chi connectivity index (χ1v) is 9.64. The first kappa shape index (κ1) is 16.2. The fourth-order valence-corrected chi connectivity index (χ4v) is 4.34. The van der Waals surface area contributed by atoms with Crippen molar-refractivity contribution in [3.63, 3.8) is 0 Å². The topological polar surface area (TPSA) is 75.3 Å². The van der Waals surface area contributed by atoms with Gasteiger partial charge in [-0.15, -0.1) is 11.8 Å². The van der Waals surface area contributed by atoms with Gasteiger partial charge in [-0.1, -0.05) is 11.6 Å². The molecule has 120 valence electrons. The van der Waals surface area contributed by atoms with Gasteiger partial charge in [0.05, 0.1) is 4.90 Å². The summed E-state index contributed by atoms with van der Waals surface area (Å²) < 4.78 is 26.6. The predicted molar refractivity (Wildman–Crippen MR) is 91.7 cm³/mol. The van der Waals surface area contributed by atoms with Crippen LogP contribution in [-0.2, 0) is 16.4 Å². The van der Waals surface area contributed by atoms with Crippen molar-refractivity contribution in [1.82, 2.24) is 4.72 Å². The molecule has 1 heterocycles. The lowest BCUT2D eigenvalue weighted by Crippen LogP contribution is -2.34. The molecule has 0 radical (unpaired) electrons. The summed E-state index contributed by atoms with van der Waals surface area (Å²) in [5, 5.41) is 2.98. The van der Waals surface area contributed by atoms with Gasteiger partial charge in [0, 0.05) is 21.4 Å². The molecule has 0 bridgehead atoms. The van der Waals surface area contributed by atoms with Gasteiger partial charge in [-0.25, -0.2) is 17.9 Å². The summed E-state index contributed by atoms with van der Waals surface area (Å²) >= 11 is 7.45. The van der Waals surface area contributed by atoms with Gasteiger partial charge in [0.25, 0.3) is 10.0 Å². The zero-order valence-electron chi connectivity index (χ0n) is 11.9. The molecule has 5 nitrogen and oxygen atoms in total. The molecular formula is C15H13ClN2O3S2. The molecule has 0 aliphatic carbocycles. The highest BCUT2D eigenvalue weighted by molar-refractivity contribution is 7.99. The van der Waals surface area contributed by atoms with Crippen molar-refractivity contribution >= 4 is 45.1 Å². The lowest BCUT2D eigenvalue weighted by atomic mass is 10.2. The number of aryl methyl sites for hydroxylation is 1. The summed E-state index contributed by atoms with van der Waals surface area (Å²) in [5.41, 5.74) is 1.45. The van der Waals surface area contributed by atoms with Crippen LogP contribution in [0.5, 0.6) is 0 Å². The Labute approximate surface area is 143 Å². The van der Waals surface area contributed by atoms with Gasteiger partial charge in [0.15, 0.2) is 0 Å². The Balaban J connectivity index is 1.73. The normalized spacial score (nSPS) is 13.4. The van der Waals surface area contributed by atoms with Gasteiger partial charge in [-0.05, 0) is 54.4 Å². The third-order valence-electron chi connectivity index (χ3n) is 3.30. The van der Waals surface area contributed by atoms with Crippen LogP contribution in [0.2, 0.25) is 5.02 Å². The van der Waals surface area contributed by atoms with Crippen molar-refractivity contribution < 1.29 is 13.2 Å². The summed E-state index contributed by atoms with van der Waals surface area (Å²) in [5.74, 6) is 0.948. The number of benzene rings is 2. The molecule has 0 spiro atoms. The largest absolute Gasteiger partial charge is 0.333 e. The second-order valence-electron chi connectivity index (χ2n) is 4.93. The van der Waals surface area contributed by atoms with E-state index >= 15 is 0 Å². The number of sulfonamides is 1. The number of nitrogens with one attached hydrogen (secondary N) is 2. The number of amides is 2. The molecule has 0 fully saturated rings. The summed E-state index contributed by atoms with van der Waals surface area (Å²) in [6, 6.07) is 10.5. The Kier molecular flexibility index (Phi) is 4.52. The standard InChI is InChI=1S/C15H13ClN2O3S2/c16-11-1-3-12(4-2-11)17-15(19)18-23(20,21)13-5-6-14-10(9-13)7-8-22-14/h1-6,9H,7-8H2,(H2,17,18,19). The van der Waals surface area contributed by atoms with Gasteiger partial charge in [-0.2, -0.15) is 0 Å². The number of anilines is 1. The molecular weight excluding hydrogens is 356 g/mol. The van der Waals surface area contributed by atoms with E-state index in [1.165, 1.54) is 6.07 Å². The number of hydrogen-bond donors (Lipinski definition) is 2. The van der Waals surface area contributed by atoms with Gasteiger partial charge in [0.1, 0.15) is 0 Å². The number of hydrogen-bond acceptors (Lipinski definition) is 4. The van der Waals surface area contributed by atoms with E-state index in [1.54, 1.807) is 48.2 Å². The quantitative estimate of drug-likeness (QED) is 0.869. The van der Waals surface area contributed by atoms with Crippen LogP contribution >= 0.6 is 23.4 Å². The molecule has 0 aromatic heterocycles. The number of fused-ring (bicyclic) bond motifs is 1. The van der Waals surface area contributed by atoms with E-state index in [2.05, 4.69) is 5.32 Å². The molecule has 0 saturated heterocycles. The number of urea groups is 1. The van der Waals surface area contributed by atoms with Crippen LogP contribution in [0.15, 0.2) is 52.3 Å². The van der Waals surface area contributed by atoms with Crippen LogP contribution in [0.1, 0.15) is 5.56 Å². The average molecular weight is 369 g/mol. The molecule has 3 rings (SSSR count). The average Bonchev–Trinajstić information content (AvgIpc) is 2.96. The molecule has 8 heteroatoms. The van der Waals surface area contributed by atoms with Gasteiger partial charge in [-0.3, -0.25) is 0 Å². The molecule has 2 aromatic rings. The molecule has 2 N–H and O–H groups in total. The lowest BCUT2D eigenvalue weighted by molar-refractivity contribution is 0.256. The molecule has 0 unspecified atom stereocenters. The Morgan fingerprint density at radius 3 is 2.61 bits per heavy atom. The van der Waals surface area contributed by atoms with Gasteiger partial charge >= 0.3 is 6.03 Å². The highest BCUT2D eigenvalue weighted by Crippen LogP contribution is 2.32. The SMILES string of the molecule is O=C(Nc1ccc(Cl)cc1)NS(=O)(=O)c1ccc2c(c1)CCS2. The number of halogens is 1. The van der Waals surface area contributed by atoms with Crippen molar-refractivity contribution in [3.8, 4) is 0 Å². The fourth-order valence-electron chi connectivity index (χ4n) is 2.20. The molecule has 2 aromatic carbocycles. The van der Waals surface area contributed by atoms with E-state index in [0.29, 0.717) is 10.7 Å². The Hall–Kier alpha value is -1.70. The Bertz CT molecular complexity index is 852. The first-order chi connectivity index (χ1) is 10.9. The van der Waals surface area contributed by atoms with Crippen molar-refractivity contribution in [1.29, 1.82) is 0 Å². The van der Waals surface area contributed by atoms with E-state index in [0.717, 1.165) is 22.6 Å². The second kappa shape index (κ2) is 6.43. The highest BCUT2D eigenvalue weighted by atomic mass is 35.5. The smallest absolute Gasteiger partial charge is 0.307 e. The maximum absolute atomic E-state index is 12.3. The van der Waals surface area contributed by atoms with Crippen molar-refractivity contribution in [2.75, 3.05) is 11.1 Å². The zero-order chi connectivity index (χ0) is 16.4. The minimum absolute atomic E-state index is 0.0880. The van der Waals surface area contributed by atoms with E-state index < -0.39 is 16.1 Å². The third kappa shape index (κ3) is 3.80. The van der Waals surface area contributed by atoms with Crippen LogP contribution in [-0.4, -0.2) is 20.2 Å². The summed E-state index contributed by atoms with van der Waals surface area (Å²) in [6.45, 7) is 0. The van der Waals surface area contributed by atoms with Crippen LogP contribution in [0.3, 0.4) is 0 Å². The predicted octanol–water partition coefficient (Wildman–Crippen LogP) is 3.50. The van der Waals surface area contributed by atoms with Crippen LogP contribution < -0.4 is 10.0 Å². The van der Waals surface area contributed by atoms with E-state index in [4.69, 9.17) is 11.6 Å². The number of thioether (sulfide) groups is 1. The number of carbonyl (C=O) groups excluding carboxylic acids is 1. The van der Waals surface area contributed by atoms with Gasteiger partial charge in [0.2, 0.25) is 0 Å². The van der Waals surface area contributed by atoms with E-state index in [1.807, 2.05) is 4.72 Å². The molecule has 1 aliphatic heterocycles. The van der Waals surface area contributed by atoms with Crippen molar-refractivity contribution in [2.24, 2.45) is 0 Å². The molecule has 0 atom stereocenters. The van der Waals surface area contributed by atoms with E-state index in [9.17, 15) is 13.2 Å². The van der Waals surface area contributed by atoms with Gasteiger partial charge < -0.3 is 5.32 Å². The summed E-state index contributed by atoms with van der Waals surface area (Å²) in [4.78, 5) is 13.1. The van der Waals surface area contributed by atoms with Crippen LogP contribution in [0.4, 0.5) is 10.5 Å². The Morgan fingerprint density at radius 2 is 1.87 bits per heavy atom. The zero-order valence-corrected chi connectivity index (χ0v) is 14.3. The second-order valence-corrected chi connectivity index (χ2v) is 8.19. The molecule has 2 amide bonds. The van der Waals surface area contributed by atoms with Crippen molar-refractivity contribution in [3.05, 3.63) is 53.1 Å². The highest BCUT2D eigenvalue weighted by Gasteiger charge is 2.21. The van der Waals surface area contributed by atoms with Crippen molar-refractivity contribution in [2.45, 2.75) is 16.2 Å². The summed E-state index contributed by atoms with van der Waals surface area (Å²) in [7, 11) is -3.91. The Morgan fingerprint density at radius 1 is 1.13 bits per heavy atom. The minimum atomic E-state index is -3.91. The van der Waals surface area contributed by atoms with Crippen LogP contribution in [0, 0.1) is 0 Å².